The van der Waals surface area contributed by atoms with Gasteiger partial charge in [0.25, 0.3) is 0 Å². The molecule has 0 saturated carbocycles. The van der Waals surface area contributed by atoms with E-state index in [1.165, 1.54) is 24.3 Å². The summed E-state index contributed by atoms with van der Waals surface area (Å²) in [7, 11) is 0. The Balaban J connectivity index is 3.41. The van der Waals surface area contributed by atoms with E-state index in [-0.39, 0.29) is 5.82 Å². The van der Waals surface area contributed by atoms with E-state index >= 15 is 0 Å². The van der Waals surface area contributed by atoms with Gasteiger partial charge in [0.15, 0.2) is 0 Å². The molecule has 2 heteroatoms. The van der Waals surface area contributed by atoms with Crippen LogP contribution in [0.2, 0.25) is 0 Å². The van der Waals surface area contributed by atoms with Crippen molar-refractivity contribution >= 4 is 17.8 Å². The van der Waals surface area contributed by atoms with Gasteiger partial charge in [-0.05, 0) is 12.1 Å². The molecule has 0 saturated heterocycles. The summed E-state index contributed by atoms with van der Waals surface area (Å²) < 4.78 is 12.8. The molecule has 0 spiro atoms. The zero-order valence-electron chi connectivity index (χ0n) is 6.68. The predicted octanol–water partition coefficient (Wildman–Crippen LogP) is 2.69. The Labute approximate surface area is 71.0 Å². The second-order valence-electron chi connectivity index (χ2n) is 2.41. The molecule has 1 aromatic carbocycles. The van der Waals surface area contributed by atoms with Gasteiger partial charge in [-0.15, -0.1) is 0 Å². The second-order valence-corrected chi connectivity index (χ2v) is 2.41. The Hall–Kier alpha value is -1.57. The van der Waals surface area contributed by atoms with E-state index in [1.54, 1.807) is 0 Å². The molecule has 0 aromatic heterocycles. The van der Waals surface area contributed by atoms with Gasteiger partial charge in [-0.2, -0.15) is 0 Å². The Morgan fingerprint density at radius 2 is 1.58 bits per heavy atom. The lowest BCUT2D eigenvalue weighted by molar-refractivity contribution is 0.627. The molecule has 1 rings (SSSR count). The van der Waals surface area contributed by atoms with E-state index in [1.807, 2.05) is 0 Å². The summed E-state index contributed by atoms with van der Waals surface area (Å²) in [6, 6.07) is 2.69. The summed E-state index contributed by atoms with van der Waals surface area (Å²) >= 11 is 0. The molecule has 0 unspecified atom stereocenters. The van der Waals surface area contributed by atoms with Crippen molar-refractivity contribution < 1.29 is 4.39 Å². The lowest BCUT2D eigenvalue weighted by atomic mass is 10.1. The lowest BCUT2D eigenvalue weighted by Crippen LogP contribution is -1.94. The highest BCUT2D eigenvalue weighted by molar-refractivity contribution is 5.73. The number of benzene rings is 1. The molecule has 0 aliphatic rings. The van der Waals surface area contributed by atoms with Gasteiger partial charge in [0, 0.05) is 16.8 Å². The van der Waals surface area contributed by atoms with Crippen LogP contribution in [0.1, 0.15) is 11.1 Å². The maximum absolute atomic E-state index is 12.8. The zero-order valence-corrected chi connectivity index (χ0v) is 6.68. The van der Waals surface area contributed by atoms with Crippen LogP contribution < -0.4 is 5.73 Å². The van der Waals surface area contributed by atoms with E-state index in [0.717, 1.165) is 0 Å². The Kier molecular flexibility index (Phi) is 2.29. The minimum absolute atomic E-state index is 0.325. The first-order valence-electron chi connectivity index (χ1n) is 3.53. The van der Waals surface area contributed by atoms with Gasteiger partial charge in [-0.25, -0.2) is 4.39 Å². The monoisotopic (exact) mass is 163 g/mol. The second kappa shape index (κ2) is 3.22. The van der Waals surface area contributed by atoms with Crippen molar-refractivity contribution in [3.05, 3.63) is 42.2 Å². The summed E-state index contributed by atoms with van der Waals surface area (Å²) in [5, 5.41) is 0. The van der Waals surface area contributed by atoms with Crippen LogP contribution in [-0.2, 0) is 0 Å². The minimum Gasteiger partial charge on any atom is -0.398 e. The van der Waals surface area contributed by atoms with Gasteiger partial charge in [-0.3, -0.25) is 0 Å². The quantitative estimate of drug-likeness (QED) is 0.666. The van der Waals surface area contributed by atoms with Crippen LogP contribution in [0.3, 0.4) is 0 Å². The molecule has 0 fully saturated rings. The zero-order chi connectivity index (χ0) is 9.14. The molecule has 0 amide bonds. The third-order valence-electron chi connectivity index (χ3n) is 1.65. The fourth-order valence-corrected chi connectivity index (χ4v) is 0.999. The number of hydrogen-bond donors (Lipinski definition) is 1. The Bertz CT molecular complexity index is 300. The molecule has 0 radical (unpaired) electrons. The highest BCUT2D eigenvalue weighted by atomic mass is 19.1. The van der Waals surface area contributed by atoms with E-state index in [0.29, 0.717) is 16.8 Å². The van der Waals surface area contributed by atoms with Crippen molar-refractivity contribution in [2.45, 2.75) is 0 Å². The fourth-order valence-electron chi connectivity index (χ4n) is 0.999. The number of nitrogen functional groups attached to an aromatic ring is 1. The van der Waals surface area contributed by atoms with Crippen LogP contribution in [0.5, 0.6) is 0 Å². The maximum atomic E-state index is 12.8. The molecule has 12 heavy (non-hydrogen) atoms. The SMILES string of the molecule is C=Cc1cc(F)cc(C=C)c1N. The van der Waals surface area contributed by atoms with Crippen molar-refractivity contribution in [1.29, 1.82) is 0 Å². The van der Waals surface area contributed by atoms with Crippen LogP contribution in [0.4, 0.5) is 10.1 Å². The van der Waals surface area contributed by atoms with Crippen molar-refractivity contribution in [3.63, 3.8) is 0 Å². The standard InChI is InChI=1S/C10H10FN/c1-3-7-5-9(11)6-8(4-2)10(7)12/h3-6H,1-2,12H2. The van der Waals surface area contributed by atoms with Crippen molar-refractivity contribution in [2.75, 3.05) is 5.73 Å². The molecule has 1 aromatic rings. The number of halogens is 1. The van der Waals surface area contributed by atoms with Gasteiger partial charge in [0.1, 0.15) is 5.82 Å². The van der Waals surface area contributed by atoms with Crippen LogP contribution in [-0.4, -0.2) is 0 Å². The van der Waals surface area contributed by atoms with E-state index < -0.39 is 0 Å². The van der Waals surface area contributed by atoms with Crippen molar-refractivity contribution in [2.24, 2.45) is 0 Å². The molecule has 2 N–H and O–H groups in total. The molecule has 0 bridgehead atoms. The molecule has 0 aliphatic heterocycles. The summed E-state index contributed by atoms with van der Waals surface area (Å²) in [5.41, 5.74) is 7.38. The molecular formula is C10H10FN. The van der Waals surface area contributed by atoms with E-state index in [4.69, 9.17) is 5.73 Å². The van der Waals surface area contributed by atoms with Crippen LogP contribution in [0.25, 0.3) is 12.2 Å². The maximum Gasteiger partial charge on any atom is 0.124 e. The summed E-state index contributed by atoms with van der Waals surface area (Å²) in [6.07, 6.45) is 3.04. The van der Waals surface area contributed by atoms with Crippen molar-refractivity contribution in [1.82, 2.24) is 0 Å². The fraction of sp³-hybridized carbons (Fsp3) is 0. The van der Waals surface area contributed by atoms with Gasteiger partial charge in [0.2, 0.25) is 0 Å². The van der Waals surface area contributed by atoms with Crippen LogP contribution in [0, 0.1) is 5.82 Å². The predicted molar refractivity (Wildman–Crippen MR) is 51.0 cm³/mol. The van der Waals surface area contributed by atoms with Gasteiger partial charge in [-0.1, -0.05) is 25.3 Å². The Morgan fingerprint density at radius 3 is 1.92 bits per heavy atom. The van der Waals surface area contributed by atoms with E-state index in [2.05, 4.69) is 13.2 Å². The van der Waals surface area contributed by atoms with Crippen LogP contribution >= 0.6 is 0 Å². The lowest BCUT2D eigenvalue weighted by Gasteiger charge is -2.04. The summed E-state index contributed by atoms with van der Waals surface area (Å²) in [6.45, 7) is 7.05. The molecular weight excluding hydrogens is 153 g/mol. The largest absolute Gasteiger partial charge is 0.398 e. The van der Waals surface area contributed by atoms with Crippen molar-refractivity contribution in [3.8, 4) is 0 Å². The third-order valence-corrected chi connectivity index (χ3v) is 1.65. The smallest absolute Gasteiger partial charge is 0.124 e. The summed E-state index contributed by atoms with van der Waals surface area (Å²) in [4.78, 5) is 0. The number of nitrogens with two attached hydrogens (primary N) is 1. The number of anilines is 1. The average Bonchev–Trinajstić information content (AvgIpc) is 2.08. The van der Waals surface area contributed by atoms with E-state index in [9.17, 15) is 4.39 Å². The van der Waals surface area contributed by atoms with Gasteiger partial charge < -0.3 is 5.73 Å². The number of hydrogen-bond acceptors (Lipinski definition) is 1. The first kappa shape index (κ1) is 8.53. The normalized spacial score (nSPS) is 9.42. The van der Waals surface area contributed by atoms with Gasteiger partial charge in [0.05, 0.1) is 0 Å². The molecule has 0 heterocycles. The minimum atomic E-state index is -0.325. The molecule has 0 atom stereocenters. The average molecular weight is 163 g/mol. The Morgan fingerprint density at radius 1 is 1.17 bits per heavy atom. The van der Waals surface area contributed by atoms with Gasteiger partial charge >= 0.3 is 0 Å². The third kappa shape index (κ3) is 1.37. The highest BCUT2D eigenvalue weighted by Gasteiger charge is 2.02. The molecule has 0 aliphatic carbocycles. The molecule has 1 nitrogen and oxygen atoms in total. The first-order valence-corrected chi connectivity index (χ1v) is 3.53. The van der Waals surface area contributed by atoms with Crippen LogP contribution in [0.15, 0.2) is 25.3 Å². The summed E-state index contributed by atoms with van der Waals surface area (Å²) in [5.74, 6) is -0.325. The molecule has 62 valence electrons. The topological polar surface area (TPSA) is 26.0 Å². The number of rotatable bonds is 2. The highest BCUT2D eigenvalue weighted by Crippen LogP contribution is 2.21. The first-order chi connectivity index (χ1) is 5.69.